The number of carbonyl (C=O) groups excluding carboxylic acids is 1. The number of aromatic carboxylic acids is 1. The van der Waals surface area contributed by atoms with E-state index in [9.17, 15) is 9.59 Å². The van der Waals surface area contributed by atoms with Crippen LogP contribution in [0.5, 0.6) is 0 Å². The van der Waals surface area contributed by atoms with Gasteiger partial charge in [0.05, 0.1) is 5.56 Å². The van der Waals surface area contributed by atoms with E-state index in [1.165, 1.54) is 0 Å². The molecular weight excluding hydrogens is 228 g/mol. The summed E-state index contributed by atoms with van der Waals surface area (Å²) in [4.78, 5) is 22.2. The summed E-state index contributed by atoms with van der Waals surface area (Å²) in [7, 11) is 0. The molecule has 96 valence electrons. The van der Waals surface area contributed by atoms with E-state index >= 15 is 0 Å². The number of carboxylic acid groups (broad SMARTS) is 1. The van der Waals surface area contributed by atoms with E-state index in [1.807, 2.05) is 6.07 Å². The SMILES string of the molecule is CC(=O)[C@@H]1CC[C@@H](Cc2cccc(C(=O)O)c2)C1. The number of hydrogen-bond donors (Lipinski definition) is 1. The zero-order valence-electron chi connectivity index (χ0n) is 10.6. The van der Waals surface area contributed by atoms with Gasteiger partial charge in [-0.15, -0.1) is 0 Å². The molecule has 1 N–H and O–H groups in total. The van der Waals surface area contributed by atoms with Crippen LogP contribution in [0.1, 0.15) is 42.1 Å². The van der Waals surface area contributed by atoms with E-state index < -0.39 is 5.97 Å². The Balaban J connectivity index is 2.00. The highest BCUT2D eigenvalue weighted by Crippen LogP contribution is 2.33. The zero-order chi connectivity index (χ0) is 13.1. The predicted octanol–water partition coefficient (Wildman–Crippen LogP) is 2.93. The third kappa shape index (κ3) is 2.97. The molecule has 2 rings (SSSR count). The van der Waals surface area contributed by atoms with Crippen LogP contribution in [0.2, 0.25) is 0 Å². The van der Waals surface area contributed by atoms with Crippen molar-refractivity contribution in [1.82, 2.24) is 0 Å². The molecule has 0 amide bonds. The van der Waals surface area contributed by atoms with Crippen molar-refractivity contribution in [3.63, 3.8) is 0 Å². The Kier molecular flexibility index (Phi) is 3.80. The molecule has 2 atom stereocenters. The molecule has 0 spiro atoms. The van der Waals surface area contributed by atoms with Crippen LogP contribution in [0.25, 0.3) is 0 Å². The quantitative estimate of drug-likeness (QED) is 0.888. The van der Waals surface area contributed by atoms with Crippen LogP contribution in [0.4, 0.5) is 0 Å². The third-order valence-electron chi connectivity index (χ3n) is 3.81. The molecule has 1 aliphatic carbocycles. The van der Waals surface area contributed by atoms with Crippen molar-refractivity contribution >= 4 is 11.8 Å². The van der Waals surface area contributed by atoms with Gasteiger partial charge >= 0.3 is 5.97 Å². The Bertz CT molecular complexity index is 465. The van der Waals surface area contributed by atoms with Crippen molar-refractivity contribution in [3.8, 4) is 0 Å². The largest absolute Gasteiger partial charge is 0.478 e. The fraction of sp³-hybridized carbons (Fsp3) is 0.467. The summed E-state index contributed by atoms with van der Waals surface area (Å²) in [5.41, 5.74) is 1.40. The lowest BCUT2D eigenvalue weighted by Gasteiger charge is -2.10. The minimum atomic E-state index is -0.884. The Morgan fingerprint density at radius 3 is 2.72 bits per heavy atom. The molecule has 18 heavy (non-hydrogen) atoms. The lowest BCUT2D eigenvalue weighted by atomic mass is 9.95. The number of rotatable bonds is 4. The Morgan fingerprint density at radius 1 is 1.33 bits per heavy atom. The Hall–Kier alpha value is -1.64. The minimum absolute atomic E-state index is 0.220. The second-order valence-electron chi connectivity index (χ2n) is 5.20. The van der Waals surface area contributed by atoms with Crippen LogP contribution in [-0.2, 0) is 11.2 Å². The molecule has 0 heterocycles. The molecule has 0 unspecified atom stereocenters. The summed E-state index contributed by atoms with van der Waals surface area (Å²) in [6, 6.07) is 7.10. The molecule has 1 aliphatic rings. The topological polar surface area (TPSA) is 54.4 Å². The van der Waals surface area contributed by atoms with E-state index in [0.717, 1.165) is 31.2 Å². The predicted molar refractivity (Wildman–Crippen MR) is 68.6 cm³/mol. The lowest BCUT2D eigenvalue weighted by molar-refractivity contribution is -0.120. The molecule has 1 fully saturated rings. The molecule has 1 saturated carbocycles. The summed E-state index contributed by atoms with van der Waals surface area (Å²) in [5, 5.41) is 8.94. The maximum absolute atomic E-state index is 11.3. The number of hydrogen-bond acceptors (Lipinski definition) is 2. The van der Waals surface area contributed by atoms with E-state index in [1.54, 1.807) is 25.1 Å². The number of ketones is 1. The monoisotopic (exact) mass is 246 g/mol. The molecule has 3 nitrogen and oxygen atoms in total. The van der Waals surface area contributed by atoms with E-state index in [2.05, 4.69) is 0 Å². The minimum Gasteiger partial charge on any atom is -0.478 e. The fourth-order valence-electron chi connectivity index (χ4n) is 2.79. The van der Waals surface area contributed by atoms with E-state index in [-0.39, 0.29) is 11.7 Å². The molecule has 0 saturated heterocycles. The highest BCUT2D eigenvalue weighted by molar-refractivity contribution is 5.87. The van der Waals surface area contributed by atoms with Gasteiger partial charge in [-0.1, -0.05) is 12.1 Å². The number of Topliss-reactive ketones (excluding diaryl/α,β-unsaturated/α-hetero) is 1. The zero-order valence-corrected chi connectivity index (χ0v) is 10.6. The summed E-state index contributed by atoms with van der Waals surface area (Å²) >= 11 is 0. The first kappa shape index (κ1) is 12.8. The first-order chi connectivity index (χ1) is 8.56. The van der Waals surface area contributed by atoms with E-state index in [0.29, 0.717) is 11.5 Å². The van der Waals surface area contributed by atoms with E-state index in [4.69, 9.17) is 5.11 Å². The lowest BCUT2D eigenvalue weighted by Crippen LogP contribution is -2.07. The highest BCUT2D eigenvalue weighted by atomic mass is 16.4. The summed E-state index contributed by atoms with van der Waals surface area (Å²) in [5.74, 6) is 0.141. The van der Waals surface area contributed by atoms with Gasteiger partial charge in [-0.2, -0.15) is 0 Å². The molecule has 0 radical (unpaired) electrons. The molecule has 0 aromatic heterocycles. The van der Waals surface area contributed by atoms with Crippen molar-refractivity contribution in [1.29, 1.82) is 0 Å². The van der Waals surface area contributed by atoms with Gasteiger partial charge in [0.15, 0.2) is 0 Å². The van der Waals surface area contributed by atoms with Crippen LogP contribution in [0.3, 0.4) is 0 Å². The highest BCUT2D eigenvalue weighted by Gasteiger charge is 2.27. The van der Waals surface area contributed by atoms with Crippen molar-refractivity contribution < 1.29 is 14.7 Å². The number of carboxylic acids is 1. The van der Waals surface area contributed by atoms with Gasteiger partial charge in [0.25, 0.3) is 0 Å². The van der Waals surface area contributed by atoms with Crippen molar-refractivity contribution in [2.75, 3.05) is 0 Å². The van der Waals surface area contributed by atoms with Crippen LogP contribution in [-0.4, -0.2) is 16.9 Å². The van der Waals surface area contributed by atoms with Gasteiger partial charge in [-0.05, 0) is 56.2 Å². The third-order valence-corrected chi connectivity index (χ3v) is 3.81. The van der Waals surface area contributed by atoms with Gasteiger partial charge in [0, 0.05) is 5.92 Å². The average molecular weight is 246 g/mol. The Morgan fingerprint density at radius 2 is 2.11 bits per heavy atom. The Labute approximate surface area is 107 Å². The number of benzene rings is 1. The average Bonchev–Trinajstić information content (AvgIpc) is 2.78. The number of carbonyl (C=O) groups is 2. The second kappa shape index (κ2) is 5.34. The molecule has 3 heteroatoms. The first-order valence-corrected chi connectivity index (χ1v) is 6.39. The fourth-order valence-corrected chi connectivity index (χ4v) is 2.79. The molecule has 0 bridgehead atoms. The molecular formula is C15H18O3. The van der Waals surface area contributed by atoms with Crippen molar-refractivity contribution in [3.05, 3.63) is 35.4 Å². The van der Waals surface area contributed by atoms with Gasteiger partial charge in [-0.25, -0.2) is 4.79 Å². The van der Waals surface area contributed by atoms with Gasteiger partial charge < -0.3 is 5.11 Å². The van der Waals surface area contributed by atoms with Gasteiger partial charge in [0.2, 0.25) is 0 Å². The summed E-state index contributed by atoms with van der Waals surface area (Å²) in [6.07, 6.45) is 3.89. The summed E-state index contributed by atoms with van der Waals surface area (Å²) in [6.45, 7) is 1.66. The smallest absolute Gasteiger partial charge is 0.335 e. The van der Waals surface area contributed by atoms with Crippen molar-refractivity contribution in [2.45, 2.75) is 32.6 Å². The second-order valence-corrected chi connectivity index (χ2v) is 5.20. The van der Waals surface area contributed by atoms with Crippen LogP contribution < -0.4 is 0 Å². The van der Waals surface area contributed by atoms with Gasteiger partial charge in [-0.3, -0.25) is 4.79 Å². The first-order valence-electron chi connectivity index (χ1n) is 6.39. The maximum Gasteiger partial charge on any atom is 0.335 e. The van der Waals surface area contributed by atoms with Crippen LogP contribution in [0.15, 0.2) is 24.3 Å². The standard InChI is InChI=1S/C15H18O3/c1-10(16)13-6-5-12(8-13)7-11-3-2-4-14(9-11)15(17)18/h2-4,9,12-13H,5-8H2,1H3,(H,17,18)/t12-,13+/m0/s1. The summed E-state index contributed by atoms with van der Waals surface area (Å²) < 4.78 is 0. The van der Waals surface area contributed by atoms with Crippen molar-refractivity contribution in [2.24, 2.45) is 11.8 Å². The maximum atomic E-state index is 11.3. The van der Waals surface area contributed by atoms with Crippen LogP contribution >= 0.6 is 0 Å². The normalized spacial score (nSPS) is 22.9. The van der Waals surface area contributed by atoms with Gasteiger partial charge in [0.1, 0.15) is 5.78 Å². The molecule has 1 aromatic rings. The van der Waals surface area contributed by atoms with Crippen LogP contribution in [0, 0.1) is 11.8 Å². The molecule has 0 aliphatic heterocycles. The molecule has 1 aromatic carbocycles.